The van der Waals surface area contributed by atoms with Gasteiger partial charge in [-0.05, 0) is 19.1 Å². The average molecular weight is 283 g/mol. The van der Waals surface area contributed by atoms with Gasteiger partial charge in [-0.2, -0.15) is 5.10 Å². The Hall–Kier alpha value is -1.73. The summed E-state index contributed by atoms with van der Waals surface area (Å²) in [5.41, 5.74) is 1.49. The summed E-state index contributed by atoms with van der Waals surface area (Å²) in [6.45, 7) is 1.86. The van der Waals surface area contributed by atoms with Crippen LogP contribution >= 0.6 is 0 Å². The van der Waals surface area contributed by atoms with Gasteiger partial charge in [0, 0.05) is 25.4 Å². The van der Waals surface area contributed by atoms with Crippen molar-refractivity contribution in [2.75, 3.05) is 0 Å². The molecule has 0 unspecified atom stereocenters. The van der Waals surface area contributed by atoms with Crippen molar-refractivity contribution >= 4 is 10.0 Å². The quantitative estimate of drug-likeness (QED) is 0.921. The molecule has 0 amide bonds. The third-order valence-corrected chi connectivity index (χ3v) is 4.13. The third-order valence-electron chi connectivity index (χ3n) is 2.69. The van der Waals surface area contributed by atoms with Crippen LogP contribution in [0.4, 0.5) is 4.39 Å². The lowest BCUT2D eigenvalue weighted by molar-refractivity contribution is 0.556. The van der Waals surface area contributed by atoms with Gasteiger partial charge in [0.05, 0.1) is 5.69 Å². The van der Waals surface area contributed by atoms with E-state index in [1.165, 1.54) is 18.2 Å². The zero-order valence-corrected chi connectivity index (χ0v) is 11.4. The molecule has 0 saturated carbocycles. The number of nitrogens with zero attached hydrogens (tertiary/aromatic N) is 2. The van der Waals surface area contributed by atoms with Crippen LogP contribution in [0.2, 0.25) is 0 Å². The van der Waals surface area contributed by atoms with E-state index in [-0.39, 0.29) is 11.4 Å². The molecule has 0 radical (unpaired) electrons. The highest BCUT2D eigenvalue weighted by Gasteiger charge is 2.18. The lowest BCUT2D eigenvalue weighted by Crippen LogP contribution is -2.24. The molecule has 0 spiro atoms. The highest BCUT2D eigenvalue weighted by molar-refractivity contribution is 7.89. The molecule has 1 N–H and O–H groups in total. The van der Waals surface area contributed by atoms with Crippen LogP contribution in [0.3, 0.4) is 0 Å². The fourth-order valence-corrected chi connectivity index (χ4v) is 2.82. The van der Waals surface area contributed by atoms with Gasteiger partial charge in [-0.3, -0.25) is 4.68 Å². The van der Waals surface area contributed by atoms with Gasteiger partial charge >= 0.3 is 0 Å². The first-order chi connectivity index (χ1) is 8.90. The molecule has 0 saturated heterocycles. The average Bonchev–Trinajstić information content (AvgIpc) is 2.66. The molecule has 0 aliphatic heterocycles. The van der Waals surface area contributed by atoms with Gasteiger partial charge in [0.2, 0.25) is 10.0 Å². The third kappa shape index (κ3) is 2.99. The number of hydrogen-bond acceptors (Lipinski definition) is 3. The van der Waals surface area contributed by atoms with Crippen LogP contribution in [0.1, 0.15) is 11.3 Å². The van der Waals surface area contributed by atoms with Crippen molar-refractivity contribution in [3.63, 3.8) is 0 Å². The van der Waals surface area contributed by atoms with Gasteiger partial charge in [-0.15, -0.1) is 0 Å². The van der Waals surface area contributed by atoms with Crippen LogP contribution < -0.4 is 4.72 Å². The Morgan fingerprint density at radius 3 is 2.63 bits per heavy atom. The monoisotopic (exact) mass is 283 g/mol. The Labute approximate surface area is 111 Å². The molecule has 19 heavy (non-hydrogen) atoms. The molecule has 2 aromatic rings. The zero-order chi connectivity index (χ0) is 14.0. The summed E-state index contributed by atoms with van der Waals surface area (Å²) >= 11 is 0. The minimum atomic E-state index is -3.86. The molecule has 0 bridgehead atoms. The predicted molar refractivity (Wildman–Crippen MR) is 68.4 cm³/mol. The Morgan fingerprint density at radius 2 is 2.05 bits per heavy atom. The van der Waals surface area contributed by atoms with Crippen LogP contribution in [0.5, 0.6) is 0 Å². The number of aryl methyl sites for hydroxylation is 2. The molecule has 0 aliphatic carbocycles. The second-order valence-electron chi connectivity index (χ2n) is 4.17. The molecule has 1 heterocycles. The van der Waals surface area contributed by atoms with E-state index in [1.54, 1.807) is 24.9 Å². The molecule has 102 valence electrons. The van der Waals surface area contributed by atoms with Crippen LogP contribution in [-0.2, 0) is 23.6 Å². The Kier molecular flexibility index (Phi) is 3.68. The maximum absolute atomic E-state index is 13.5. The van der Waals surface area contributed by atoms with Gasteiger partial charge in [-0.25, -0.2) is 17.5 Å². The first-order valence-electron chi connectivity index (χ1n) is 5.63. The summed E-state index contributed by atoms with van der Waals surface area (Å²) in [5.74, 6) is -0.766. The van der Waals surface area contributed by atoms with Crippen LogP contribution in [0.25, 0.3) is 0 Å². The van der Waals surface area contributed by atoms with Crippen LogP contribution in [0, 0.1) is 12.7 Å². The highest BCUT2D eigenvalue weighted by Crippen LogP contribution is 2.14. The van der Waals surface area contributed by atoms with E-state index in [0.29, 0.717) is 0 Å². The van der Waals surface area contributed by atoms with E-state index in [9.17, 15) is 12.8 Å². The lowest BCUT2D eigenvalue weighted by atomic mass is 10.3. The van der Waals surface area contributed by atoms with E-state index < -0.39 is 15.8 Å². The van der Waals surface area contributed by atoms with Gasteiger partial charge in [0.1, 0.15) is 10.7 Å². The van der Waals surface area contributed by atoms with Gasteiger partial charge in [0.15, 0.2) is 0 Å². The number of rotatable bonds is 4. The fraction of sp³-hybridized carbons (Fsp3) is 0.250. The minimum absolute atomic E-state index is 0.0797. The largest absolute Gasteiger partial charge is 0.275 e. The second kappa shape index (κ2) is 5.10. The normalized spacial score (nSPS) is 11.7. The first-order valence-corrected chi connectivity index (χ1v) is 7.12. The van der Waals surface area contributed by atoms with Crippen LogP contribution in [-0.4, -0.2) is 18.2 Å². The van der Waals surface area contributed by atoms with E-state index in [4.69, 9.17) is 0 Å². The van der Waals surface area contributed by atoms with E-state index in [0.717, 1.165) is 17.3 Å². The molecule has 1 aromatic heterocycles. The van der Waals surface area contributed by atoms with Crippen molar-refractivity contribution in [2.24, 2.45) is 7.05 Å². The van der Waals surface area contributed by atoms with E-state index in [2.05, 4.69) is 9.82 Å². The number of aromatic nitrogens is 2. The number of halogens is 1. The zero-order valence-electron chi connectivity index (χ0n) is 10.6. The van der Waals surface area contributed by atoms with Gasteiger partial charge in [0.25, 0.3) is 0 Å². The molecule has 0 fully saturated rings. The smallest absolute Gasteiger partial charge is 0.243 e. The standard InChI is InChI=1S/C12H14FN3O2S/c1-9-10(8-16(2)15-9)7-14-19(17,18)12-6-4-3-5-11(12)13/h3-6,8,14H,7H2,1-2H3. The molecule has 2 rings (SSSR count). The van der Waals surface area contributed by atoms with Crippen molar-refractivity contribution in [1.29, 1.82) is 0 Å². The first kappa shape index (κ1) is 13.7. The molecule has 7 heteroatoms. The number of nitrogens with one attached hydrogen (secondary N) is 1. The Bertz CT molecular complexity index is 695. The predicted octanol–water partition coefficient (Wildman–Crippen LogP) is 1.35. The van der Waals surface area contributed by atoms with Crippen molar-refractivity contribution in [2.45, 2.75) is 18.4 Å². The second-order valence-corrected chi connectivity index (χ2v) is 5.90. The van der Waals surface area contributed by atoms with Crippen molar-refractivity contribution < 1.29 is 12.8 Å². The number of benzene rings is 1. The summed E-state index contributed by atoms with van der Waals surface area (Å²) in [6.07, 6.45) is 1.72. The highest BCUT2D eigenvalue weighted by atomic mass is 32.2. The maximum Gasteiger partial charge on any atom is 0.243 e. The topological polar surface area (TPSA) is 64.0 Å². The summed E-state index contributed by atoms with van der Waals surface area (Å²) in [6, 6.07) is 5.27. The molecule has 0 aliphatic rings. The van der Waals surface area contributed by atoms with Crippen LogP contribution in [0.15, 0.2) is 35.4 Å². The van der Waals surface area contributed by atoms with Crippen molar-refractivity contribution in [3.8, 4) is 0 Å². The molecular weight excluding hydrogens is 269 g/mol. The SMILES string of the molecule is Cc1nn(C)cc1CNS(=O)(=O)c1ccccc1F. The molecule has 0 atom stereocenters. The van der Waals surface area contributed by atoms with Gasteiger partial charge < -0.3 is 0 Å². The Morgan fingerprint density at radius 1 is 1.37 bits per heavy atom. The fourth-order valence-electron chi connectivity index (χ4n) is 1.74. The minimum Gasteiger partial charge on any atom is -0.275 e. The number of sulfonamides is 1. The maximum atomic E-state index is 13.5. The van der Waals surface area contributed by atoms with Crippen molar-refractivity contribution in [3.05, 3.63) is 47.5 Å². The summed E-state index contributed by atoms with van der Waals surface area (Å²) in [4.78, 5) is -0.350. The molecule has 1 aromatic carbocycles. The summed E-state index contributed by atoms with van der Waals surface area (Å²) in [7, 11) is -2.11. The van der Waals surface area contributed by atoms with Crippen molar-refractivity contribution in [1.82, 2.24) is 14.5 Å². The van der Waals surface area contributed by atoms with Gasteiger partial charge in [-0.1, -0.05) is 12.1 Å². The van der Waals surface area contributed by atoms with E-state index >= 15 is 0 Å². The van der Waals surface area contributed by atoms with E-state index in [1.807, 2.05) is 0 Å². The lowest BCUT2D eigenvalue weighted by Gasteiger charge is -2.06. The Balaban J connectivity index is 2.19. The summed E-state index contributed by atoms with van der Waals surface area (Å²) < 4.78 is 41.4. The summed E-state index contributed by atoms with van der Waals surface area (Å²) in [5, 5.41) is 4.11. The number of hydrogen-bond donors (Lipinski definition) is 1. The molecule has 5 nitrogen and oxygen atoms in total. The molecular formula is C12H14FN3O2S.